The second-order valence-corrected chi connectivity index (χ2v) is 9.25. The number of rotatable bonds is 7. The number of hydrogen-bond acceptors (Lipinski definition) is 4. The van der Waals surface area contributed by atoms with Crippen LogP contribution >= 0.6 is 0 Å². The molecule has 5 nitrogen and oxygen atoms in total. The third-order valence-electron chi connectivity index (χ3n) is 6.95. The molecule has 2 saturated heterocycles. The largest absolute Gasteiger partial charge is 0.413 e. The van der Waals surface area contributed by atoms with Crippen LogP contribution < -0.4 is 4.90 Å². The van der Waals surface area contributed by atoms with Crippen molar-refractivity contribution >= 4 is 11.6 Å². The summed E-state index contributed by atoms with van der Waals surface area (Å²) >= 11 is 0. The van der Waals surface area contributed by atoms with Crippen molar-refractivity contribution in [2.24, 2.45) is 0 Å². The molecule has 0 aromatic heterocycles. The fourth-order valence-corrected chi connectivity index (χ4v) is 5.16. The van der Waals surface area contributed by atoms with Gasteiger partial charge in [0.15, 0.2) is 0 Å². The monoisotopic (exact) mass is 431 g/mol. The van der Waals surface area contributed by atoms with E-state index in [1.54, 1.807) is 6.26 Å². The summed E-state index contributed by atoms with van der Waals surface area (Å²) in [7, 11) is 0. The molecule has 5 rings (SSSR count). The summed E-state index contributed by atoms with van der Waals surface area (Å²) in [5.41, 5.74) is 3.65. The van der Waals surface area contributed by atoms with Gasteiger partial charge in [-0.15, -0.1) is 5.06 Å². The highest BCUT2D eigenvalue weighted by Crippen LogP contribution is 2.29. The summed E-state index contributed by atoms with van der Waals surface area (Å²) in [6, 6.07) is 19.4. The number of hydrogen-bond donors (Lipinski definition) is 0. The van der Waals surface area contributed by atoms with Crippen LogP contribution in [-0.2, 0) is 22.6 Å². The fraction of sp³-hybridized carbons (Fsp3) is 0.444. The number of nitrogens with zero attached hydrogens (tertiary/aromatic N) is 3. The number of benzene rings is 2. The van der Waals surface area contributed by atoms with E-state index in [2.05, 4.69) is 59.5 Å². The van der Waals surface area contributed by atoms with E-state index in [1.165, 1.54) is 43.5 Å². The Kier molecular flexibility index (Phi) is 6.56. The number of carbonyl (C=O) groups is 1. The van der Waals surface area contributed by atoms with E-state index in [9.17, 15) is 4.79 Å². The van der Waals surface area contributed by atoms with Crippen molar-refractivity contribution in [2.45, 2.75) is 57.2 Å². The van der Waals surface area contributed by atoms with Gasteiger partial charge in [0.1, 0.15) is 6.26 Å². The van der Waals surface area contributed by atoms with Gasteiger partial charge in [-0.05, 0) is 68.1 Å². The van der Waals surface area contributed by atoms with Gasteiger partial charge in [-0.25, -0.2) is 0 Å². The Balaban J connectivity index is 1.18. The molecule has 0 saturated carbocycles. The van der Waals surface area contributed by atoms with Gasteiger partial charge in [-0.2, -0.15) is 0 Å². The Hall–Kier alpha value is -2.63. The number of anilines is 1. The van der Waals surface area contributed by atoms with Crippen molar-refractivity contribution in [3.05, 3.63) is 78.1 Å². The van der Waals surface area contributed by atoms with Gasteiger partial charge in [0, 0.05) is 25.2 Å². The lowest BCUT2D eigenvalue weighted by Gasteiger charge is -2.28. The van der Waals surface area contributed by atoms with Gasteiger partial charge in [0.25, 0.3) is 0 Å². The average Bonchev–Trinajstić information content (AvgIpc) is 3.46. The Morgan fingerprint density at radius 2 is 1.69 bits per heavy atom. The fourth-order valence-electron chi connectivity index (χ4n) is 5.16. The number of piperidine rings is 1. The van der Waals surface area contributed by atoms with Crippen LogP contribution in [0.4, 0.5) is 5.69 Å². The second-order valence-electron chi connectivity index (χ2n) is 9.25. The first-order valence-corrected chi connectivity index (χ1v) is 12.0. The summed E-state index contributed by atoms with van der Waals surface area (Å²) < 4.78 is 0. The molecule has 2 atom stereocenters. The predicted molar refractivity (Wildman–Crippen MR) is 127 cm³/mol. The molecule has 2 unspecified atom stereocenters. The van der Waals surface area contributed by atoms with Gasteiger partial charge < -0.3 is 9.74 Å². The molecular formula is C27H33N3O2. The quantitative estimate of drug-likeness (QED) is 0.645. The van der Waals surface area contributed by atoms with Crippen molar-refractivity contribution in [3.8, 4) is 0 Å². The zero-order valence-corrected chi connectivity index (χ0v) is 18.7. The molecule has 32 heavy (non-hydrogen) atoms. The van der Waals surface area contributed by atoms with Crippen LogP contribution in [0.1, 0.15) is 43.2 Å². The first-order valence-electron chi connectivity index (χ1n) is 12.0. The summed E-state index contributed by atoms with van der Waals surface area (Å²) in [5.74, 6) is 0.177. The topological polar surface area (TPSA) is 36.0 Å². The van der Waals surface area contributed by atoms with Crippen LogP contribution in [0.15, 0.2) is 66.9 Å². The number of amides is 1. The van der Waals surface area contributed by atoms with Crippen molar-refractivity contribution in [1.29, 1.82) is 0 Å². The minimum atomic E-state index is 0.0753. The highest BCUT2D eigenvalue weighted by atomic mass is 16.7. The van der Waals surface area contributed by atoms with Crippen LogP contribution in [0.5, 0.6) is 0 Å². The zero-order chi connectivity index (χ0) is 21.8. The molecule has 0 spiro atoms. The third-order valence-corrected chi connectivity index (χ3v) is 6.95. The van der Waals surface area contributed by atoms with Gasteiger partial charge >= 0.3 is 0 Å². The molecule has 168 valence electrons. The number of hydroxylamine groups is 2. The van der Waals surface area contributed by atoms with Gasteiger partial charge in [0.05, 0.1) is 12.1 Å². The molecule has 2 fully saturated rings. The summed E-state index contributed by atoms with van der Waals surface area (Å²) in [5, 5.41) is 2.03. The summed E-state index contributed by atoms with van der Waals surface area (Å²) in [6.45, 7) is 4.08. The Morgan fingerprint density at radius 3 is 2.47 bits per heavy atom. The highest BCUT2D eigenvalue weighted by Gasteiger charge is 2.39. The maximum Gasteiger partial charge on any atom is 0.228 e. The van der Waals surface area contributed by atoms with E-state index in [0.29, 0.717) is 13.0 Å². The smallest absolute Gasteiger partial charge is 0.228 e. The molecule has 0 bridgehead atoms. The SMILES string of the molecule is O=C1CC(N2OC=CC2CCc2ccccc2)CN1c1ccc(CN2CCCCC2)cc1. The lowest BCUT2D eigenvalue weighted by Crippen LogP contribution is -2.40. The van der Waals surface area contributed by atoms with E-state index in [1.807, 2.05) is 16.0 Å². The molecule has 1 amide bonds. The number of likely N-dealkylation sites (tertiary alicyclic amines) is 1. The second kappa shape index (κ2) is 9.88. The molecule has 0 aliphatic carbocycles. The van der Waals surface area contributed by atoms with Gasteiger partial charge in [0.2, 0.25) is 5.91 Å². The summed E-state index contributed by atoms with van der Waals surface area (Å²) in [4.78, 5) is 23.1. The van der Waals surface area contributed by atoms with Crippen molar-refractivity contribution < 1.29 is 9.63 Å². The minimum absolute atomic E-state index is 0.0753. The van der Waals surface area contributed by atoms with Crippen LogP contribution in [0.2, 0.25) is 0 Å². The minimum Gasteiger partial charge on any atom is -0.413 e. The maximum absolute atomic E-state index is 12.8. The predicted octanol–water partition coefficient (Wildman–Crippen LogP) is 4.54. The average molecular weight is 432 g/mol. The van der Waals surface area contributed by atoms with Crippen LogP contribution in [0.25, 0.3) is 0 Å². The van der Waals surface area contributed by atoms with Crippen molar-refractivity contribution in [3.63, 3.8) is 0 Å². The van der Waals surface area contributed by atoms with E-state index in [4.69, 9.17) is 4.84 Å². The molecule has 3 heterocycles. The van der Waals surface area contributed by atoms with Crippen LogP contribution in [0.3, 0.4) is 0 Å². The number of aryl methyl sites for hydroxylation is 1. The molecule has 3 aliphatic heterocycles. The molecule has 0 N–H and O–H groups in total. The normalized spacial score (nSPS) is 24.2. The molecule has 3 aliphatic rings. The summed E-state index contributed by atoms with van der Waals surface area (Å²) in [6.07, 6.45) is 10.3. The standard InChI is InChI=1S/C27H33N3O2/c31-27-19-26(30-25(15-18-32-30)14-9-22-7-3-1-4-8-22)21-29(27)24-12-10-23(11-13-24)20-28-16-5-2-6-17-28/h1,3-4,7-8,10-13,15,18,25-26H,2,5-6,9,14,16-17,19-21H2. The van der Waals surface area contributed by atoms with E-state index < -0.39 is 0 Å². The molecule has 5 heteroatoms. The number of carbonyl (C=O) groups excluding carboxylic acids is 1. The van der Waals surface area contributed by atoms with Gasteiger partial charge in [-0.3, -0.25) is 9.69 Å². The van der Waals surface area contributed by atoms with Gasteiger partial charge in [-0.1, -0.05) is 48.9 Å². The Labute approximate surface area is 191 Å². The Morgan fingerprint density at radius 1 is 0.906 bits per heavy atom. The van der Waals surface area contributed by atoms with Crippen LogP contribution in [0, 0.1) is 0 Å². The van der Waals surface area contributed by atoms with Crippen molar-refractivity contribution in [2.75, 3.05) is 24.5 Å². The van der Waals surface area contributed by atoms with E-state index in [0.717, 1.165) is 25.1 Å². The first-order chi connectivity index (χ1) is 15.8. The van der Waals surface area contributed by atoms with E-state index >= 15 is 0 Å². The zero-order valence-electron chi connectivity index (χ0n) is 18.7. The Bertz CT molecular complexity index is 922. The molecule has 0 radical (unpaired) electrons. The molecular weight excluding hydrogens is 398 g/mol. The first kappa shape index (κ1) is 21.2. The molecule has 2 aromatic carbocycles. The third kappa shape index (κ3) is 4.89. The highest BCUT2D eigenvalue weighted by molar-refractivity contribution is 5.96. The lowest BCUT2D eigenvalue weighted by atomic mass is 10.0. The van der Waals surface area contributed by atoms with Crippen LogP contribution in [-0.4, -0.2) is 47.6 Å². The molecule has 2 aromatic rings. The maximum atomic E-state index is 12.8. The lowest BCUT2D eigenvalue weighted by molar-refractivity contribution is -0.137. The van der Waals surface area contributed by atoms with Crippen molar-refractivity contribution in [1.82, 2.24) is 9.96 Å². The van der Waals surface area contributed by atoms with E-state index in [-0.39, 0.29) is 18.0 Å².